The van der Waals surface area contributed by atoms with Gasteiger partial charge in [0.1, 0.15) is 0 Å². The van der Waals surface area contributed by atoms with E-state index >= 15 is 0 Å². The summed E-state index contributed by atoms with van der Waals surface area (Å²) in [6.07, 6.45) is -0.108. The molecule has 1 atom stereocenters. The molecular formula is C9H15NO4S. The predicted molar refractivity (Wildman–Crippen MR) is 57.6 cm³/mol. The molecule has 0 rings (SSSR count). The number of nitrogens with one attached hydrogen (secondary N) is 1. The molecule has 0 aromatic rings. The highest BCUT2D eigenvalue weighted by atomic mass is 32.2. The molecule has 0 fully saturated rings. The van der Waals surface area contributed by atoms with Crippen molar-refractivity contribution in [2.24, 2.45) is 0 Å². The molecule has 0 aromatic carbocycles. The first-order valence-corrected chi connectivity index (χ1v) is 5.45. The third kappa shape index (κ3) is 9.27. The zero-order valence-electron chi connectivity index (χ0n) is 8.78. The maximum atomic E-state index is 11.2. The molecule has 15 heavy (non-hydrogen) atoms. The number of thioether (sulfide) groups is 1. The highest BCUT2D eigenvalue weighted by molar-refractivity contribution is 8.14. The molecule has 0 radical (unpaired) electrons. The molecule has 86 valence electrons. The molecule has 2 N–H and O–H groups in total. The van der Waals surface area contributed by atoms with E-state index in [-0.39, 0.29) is 29.1 Å². The SMILES string of the molecule is CC(=O)NCC(C)SC(=O)CCC(=O)O. The quantitative estimate of drug-likeness (QED) is 0.703. The Morgan fingerprint density at radius 2 is 1.93 bits per heavy atom. The van der Waals surface area contributed by atoms with Gasteiger partial charge in [0.2, 0.25) is 5.91 Å². The summed E-state index contributed by atoms with van der Waals surface area (Å²) in [6, 6.07) is 0. The minimum atomic E-state index is -0.974. The Morgan fingerprint density at radius 3 is 2.40 bits per heavy atom. The molecule has 0 bridgehead atoms. The molecule has 0 aliphatic rings. The van der Waals surface area contributed by atoms with Crippen molar-refractivity contribution in [3.8, 4) is 0 Å². The third-order valence-corrected chi connectivity index (χ3v) is 2.55. The molecule has 0 aromatic heterocycles. The smallest absolute Gasteiger partial charge is 0.303 e. The van der Waals surface area contributed by atoms with Crippen LogP contribution in [0.4, 0.5) is 0 Å². The molecule has 0 saturated carbocycles. The van der Waals surface area contributed by atoms with E-state index in [0.717, 1.165) is 11.8 Å². The normalized spacial score (nSPS) is 11.9. The van der Waals surface area contributed by atoms with Crippen molar-refractivity contribution in [1.82, 2.24) is 5.32 Å². The number of aliphatic carboxylic acids is 1. The van der Waals surface area contributed by atoms with Gasteiger partial charge in [-0.25, -0.2) is 0 Å². The molecule has 6 heteroatoms. The lowest BCUT2D eigenvalue weighted by Gasteiger charge is -2.09. The van der Waals surface area contributed by atoms with E-state index in [4.69, 9.17) is 5.11 Å². The minimum absolute atomic E-state index is 0.0322. The molecule has 0 saturated heterocycles. The fraction of sp³-hybridized carbons (Fsp3) is 0.667. The van der Waals surface area contributed by atoms with Crippen molar-refractivity contribution >= 4 is 28.8 Å². The second-order valence-electron chi connectivity index (χ2n) is 3.13. The number of hydrogen-bond donors (Lipinski definition) is 2. The summed E-state index contributed by atoms with van der Waals surface area (Å²) in [6.45, 7) is 3.63. The van der Waals surface area contributed by atoms with E-state index in [2.05, 4.69) is 5.32 Å². The van der Waals surface area contributed by atoms with E-state index in [1.807, 2.05) is 0 Å². The molecule has 0 spiro atoms. The summed E-state index contributed by atoms with van der Waals surface area (Å²) in [5.41, 5.74) is 0. The first kappa shape index (κ1) is 14.0. The summed E-state index contributed by atoms with van der Waals surface area (Å²) < 4.78 is 0. The maximum Gasteiger partial charge on any atom is 0.303 e. The van der Waals surface area contributed by atoms with E-state index in [9.17, 15) is 14.4 Å². The van der Waals surface area contributed by atoms with Crippen molar-refractivity contribution < 1.29 is 19.5 Å². The number of carboxylic acids is 1. The summed E-state index contributed by atoms with van der Waals surface area (Å²) in [7, 11) is 0. The Balaban J connectivity index is 3.66. The molecule has 0 heterocycles. The highest BCUT2D eigenvalue weighted by Crippen LogP contribution is 2.13. The summed E-state index contributed by atoms with van der Waals surface area (Å²) in [4.78, 5) is 31.9. The average molecular weight is 233 g/mol. The van der Waals surface area contributed by atoms with Gasteiger partial charge >= 0.3 is 5.97 Å². The lowest BCUT2D eigenvalue weighted by Crippen LogP contribution is -2.27. The van der Waals surface area contributed by atoms with Crippen LogP contribution in [-0.2, 0) is 14.4 Å². The molecule has 1 unspecified atom stereocenters. The molecule has 0 aliphatic heterocycles. The van der Waals surface area contributed by atoms with Gasteiger partial charge in [0.05, 0.1) is 6.42 Å². The van der Waals surface area contributed by atoms with E-state index in [1.165, 1.54) is 6.92 Å². The van der Waals surface area contributed by atoms with Crippen LogP contribution in [0.1, 0.15) is 26.7 Å². The largest absolute Gasteiger partial charge is 0.481 e. The van der Waals surface area contributed by atoms with Crippen molar-refractivity contribution in [1.29, 1.82) is 0 Å². The monoisotopic (exact) mass is 233 g/mol. The second-order valence-corrected chi connectivity index (χ2v) is 4.63. The maximum absolute atomic E-state index is 11.2. The summed E-state index contributed by atoms with van der Waals surface area (Å²) in [5, 5.41) is 10.8. The number of hydrogen-bond acceptors (Lipinski definition) is 4. The Labute approximate surface area is 92.6 Å². The topological polar surface area (TPSA) is 83.5 Å². The van der Waals surface area contributed by atoms with Gasteiger partial charge in [-0.3, -0.25) is 14.4 Å². The van der Waals surface area contributed by atoms with Gasteiger partial charge in [-0.1, -0.05) is 18.7 Å². The lowest BCUT2D eigenvalue weighted by molar-refractivity contribution is -0.138. The molecular weight excluding hydrogens is 218 g/mol. The minimum Gasteiger partial charge on any atom is -0.481 e. The van der Waals surface area contributed by atoms with Crippen LogP contribution in [0.5, 0.6) is 0 Å². The van der Waals surface area contributed by atoms with Gasteiger partial charge in [-0.15, -0.1) is 0 Å². The van der Waals surface area contributed by atoms with Crippen LogP contribution in [0.15, 0.2) is 0 Å². The number of carbonyl (C=O) groups is 3. The fourth-order valence-electron chi connectivity index (χ4n) is 0.821. The van der Waals surface area contributed by atoms with Crippen LogP contribution >= 0.6 is 11.8 Å². The van der Waals surface area contributed by atoms with Gasteiger partial charge in [-0.05, 0) is 0 Å². The fourth-order valence-corrected chi connectivity index (χ4v) is 1.66. The van der Waals surface area contributed by atoms with E-state index < -0.39 is 5.97 Å². The first-order chi connectivity index (χ1) is 6.91. The van der Waals surface area contributed by atoms with Crippen molar-refractivity contribution in [2.75, 3.05) is 6.54 Å². The Kier molecular flexibility index (Phi) is 6.77. The Bertz CT molecular complexity index is 254. The van der Waals surface area contributed by atoms with Crippen molar-refractivity contribution in [3.05, 3.63) is 0 Å². The van der Waals surface area contributed by atoms with Crippen LogP contribution in [0.2, 0.25) is 0 Å². The lowest BCUT2D eigenvalue weighted by atomic mass is 10.3. The third-order valence-electron chi connectivity index (χ3n) is 1.51. The van der Waals surface area contributed by atoms with E-state index in [0.29, 0.717) is 6.54 Å². The van der Waals surface area contributed by atoms with Crippen LogP contribution in [0.3, 0.4) is 0 Å². The van der Waals surface area contributed by atoms with Gasteiger partial charge < -0.3 is 10.4 Å². The van der Waals surface area contributed by atoms with Gasteiger partial charge in [0, 0.05) is 25.1 Å². The second kappa shape index (κ2) is 7.28. The highest BCUT2D eigenvalue weighted by Gasteiger charge is 2.11. The molecule has 1 amide bonds. The van der Waals surface area contributed by atoms with Gasteiger partial charge in [0.15, 0.2) is 5.12 Å². The zero-order valence-corrected chi connectivity index (χ0v) is 9.60. The van der Waals surface area contributed by atoms with Crippen molar-refractivity contribution in [3.63, 3.8) is 0 Å². The van der Waals surface area contributed by atoms with Gasteiger partial charge in [-0.2, -0.15) is 0 Å². The number of amides is 1. The van der Waals surface area contributed by atoms with Crippen LogP contribution in [0, 0.1) is 0 Å². The molecule has 0 aliphatic carbocycles. The summed E-state index contributed by atoms with van der Waals surface area (Å²) in [5.74, 6) is -1.11. The number of rotatable bonds is 6. The summed E-state index contributed by atoms with van der Waals surface area (Å²) >= 11 is 1.07. The average Bonchev–Trinajstić information content (AvgIpc) is 2.11. The van der Waals surface area contributed by atoms with E-state index in [1.54, 1.807) is 6.92 Å². The van der Waals surface area contributed by atoms with Crippen molar-refractivity contribution in [2.45, 2.75) is 31.9 Å². The van der Waals surface area contributed by atoms with Gasteiger partial charge in [0.25, 0.3) is 0 Å². The molecule has 5 nitrogen and oxygen atoms in total. The number of carbonyl (C=O) groups excluding carboxylic acids is 2. The Morgan fingerprint density at radius 1 is 1.33 bits per heavy atom. The predicted octanol–water partition coefficient (Wildman–Crippen LogP) is 0.636. The van der Waals surface area contributed by atoms with Crippen LogP contribution in [0.25, 0.3) is 0 Å². The van der Waals surface area contributed by atoms with Crippen LogP contribution in [-0.4, -0.2) is 33.9 Å². The Hall–Kier alpha value is -1.04. The van der Waals surface area contributed by atoms with Crippen LogP contribution < -0.4 is 5.32 Å². The zero-order chi connectivity index (χ0) is 11.8. The standard InChI is InChI=1S/C9H15NO4S/c1-6(5-10-7(2)11)15-9(14)4-3-8(12)13/h6H,3-5H2,1-2H3,(H,10,11)(H,12,13). The first-order valence-electron chi connectivity index (χ1n) is 4.57. The number of carboxylic acid groups (broad SMARTS) is 1.